The van der Waals surface area contributed by atoms with Crippen LogP contribution in [0.3, 0.4) is 0 Å². The topological polar surface area (TPSA) is 103 Å². The van der Waals surface area contributed by atoms with Gasteiger partial charge in [0.15, 0.2) is 5.96 Å². The van der Waals surface area contributed by atoms with Gasteiger partial charge >= 0.3 is 0 Å². The van der Waals surface area contributed by atoms with Gasteiger partial charge in [-0.15, -0.1) is 17.0 Å². The van der Waals surface area contributed by atoms with Crippen molar-refractivity contribution in [2.45, 2.75) is 0 Å². The number of benzene rings is 1. The quantitative estimate of drug-likeness (QED) is 0.504. The summed E-state index contributed by atoms with van der Waals surface area (Å²) in [5.74, 6) is -0.0524. The fourth-order valence-electron chi connectivity index (χ4n) is 0.792. The average molecular weight is 258 g/mol. The molecular formula is C8H12BrN5. The fourth-order valence-corrected chi connectivity index (χ4v) is 0.792. The van der Waals surface area contributed by atoms with Crippen molar-refractivity contribution in [3.8, 4) is 0 Å². The lowest BCUT2D eigenvalue weighted by molar-refractivity contribution is 1.38. The maximum Gasteiger partial charge on any atom is 0.223 e. The van der Waals surface area contributed by atoms with Crippen LogP contribution in [0.1, 0.15) is 0 Å². The van der Waals surface area contributed by atoms with Gasteiger partial charge in [-0.3, -0.25) is 0 Å². The molecule has 0 unspecified atom stereocenters. The first kappa shape index (κ1) is 12.4. The van der Waals surface area contributed by atoms with Gasteiger partial charge in [0.1, 0.15) is 0 Å². The van der Waals surface area contributed by atoms with E-state index in [1.165, 1.54) is 0 Å². The number of guanidine groups is 2. The zero-order chi connectivity index (χ0) is 9.68. The summed E-state index contributed by atoms with van der Waals surface area (Å²) >= 11 is 0. The smallest absolute Gasteiger partial charge is 0.223 e. The Kier molecular flexibility index (Phi) is 5.31. The SMILES string of the molecule is Br.NC(N)=NC(N)=Nc1ccccc1. The van der Waals surface area contributed by atoms with Crippen LogP contribution in [0.2, 0.25) is 0 Å². The number of hydrogen-bond donors (Lipinski definition) is 3. The van der Waals surface area contributed by atoms with Crippen molar-refractivity contribution in [2.75, 3.05) is 0 Å². The largest absolute Gasteiger partial charge is 0.370 e. The van der Waals surface area contributed by atoms with Crippen molar-refractivity contribution in [2.24, 2.45) is 27.2 Å². The van der Waals surface area contributed by atoms with Gasteiger partial charge in [-0.05, 0) is 12.1 Å². The summed E-state index contributed by atoms with van der Waals surface area (Å²) in [4.78, 5) is 7.52. The van der Waals surface area contributed by atoms with Crippen molar-refractivity contribution in [3.05, 3.63) is 30.3 Å². The summed E-state index contributed by atoms with van der Waals surface area (Å²) < 4.78 is 0. The van der Waals surface area contributed by atoms with Crippen LogP contribution in [-0.4, -0.2) is 11.9 Å². The number of para-hydroxylation sites is 1. The third kappa shape index (κ3) is 4.46. The Hall–Kier alpha value is -1.56. The molecule has 1 rings (SSSR count). The number of aliphatic imine (C=N–C) groups is 2. The molecule has 0 aromatic heterocycles. The Morgan fingerprint density at radius 3 is 2.07 bits per heavy atom. The first-order valence-corrected chi connectivity index (χ1v) is 3.67. The van der Waals surface area contributed by atoms with Crippen LogP contribution >= 0.6 is 17.0 Å². The fraction of sp³-hybridized carbons (Fsp3) is 0. The molecule has 0 heterocycles. The highest BCUT2D eigenvalue weighted by molar-refractivity contribution is 8.93. The van der Waals surface area contributed by atoms with E-state index in [0.29, 0.717) is 5.69 Å². The molecule has 14 heavy (non-hydrogen) atoms. The predicted molar refractivity (Wildman–Crippen MR) is 63.9 cm³/mol. The lowest BCUT2D eigenvalue weighted by atomic mass is 10.3. The van der Waals surface area contributed by atoms with Crippen LogP contribution in [0.25, 0.3) is 0 Å². The second-order valence-electron chi connectivity index (χ2n) is 2.34. The molecule has 0 aliphatic rings. The Morgan fingerprint density at radius 2 is 1.57 bits per heavy atom. The Morgan fingerprint density at radius 1 is 1.00 bits per heavy atom. The molecule has 0 saturated heterocycles. The first-order valence-electron chi connectivity index (χ1n) is 3.67. The predicted octanol–water partition coefficient (Wildman–Crippen LogP) is 0.484. The third-order valence-electron chi connectivity index (χ3n) is 1.24. The number of nitrogens with zero attached hydrogens (tertiary/aromatic N) is 2. The van der Waals surface area contributed by atoms with Crippen molar-refractivity contribution < 1.29 is 0 Å². The minimum absolute atomic E-state index is 0. The highest BCUT2D eigenvalue weighted by Gasteiger charge is 1.89. The summed E-state index contributed by atoms with van der Waals surface area (Å²) in [5.41, 5.74) is 16.3. The molecule has 0 fully saturated rings. The second-order valence-corrected chi connectivity index (χ2v) is 2.34. The lowest BCUT2D eigenvalue weighted by Crippen LogP contribution is -2.26. The van der Waals surface area contributed by atoms with Gasteiger partial charge in [-0.25, -0.2) is 4.99 Å². The second kappa shape index (κ2) is 5.98. The van der Waals surface area contributed by atoms with Crippen LogP contribution in [-0.2, 0) is 0 Å². The molecule has 76 valence electrons. The number of rotatable bonds is 1. The van der Waals surface area contributed by atoms with E-state index in [4.69, 9.17) is 17.2 Å². The van der Waals surface area contributed by atoms with E-state index in [0.717, 1.165) is 0 Å². The minimum atomic E-state index is -0.0998. The standard InChI is InChI=1S/C8H11N5.BrH/c9-7(10)13-8(11)12-6-4-2-1-3-5-6;/h1-5H,(H6,9,10,11,12,13);1H. The van der Waals surface area contributed by atoms with Crippen LogP contribution in [0.15, 0.2) is 40.3 Å². The molecule has 0 spiro atoms. The first-order chi connectivity index (χ1) is 6.18. The molecule has 1 aromatic rings. The van der Waals surface area contributed by atoms with Crippen LogP contribution in [0.5, 0.6) is 0 Å². The zero-order valence-corrected chi connectivity index (χ0v) is 9.13. The van der Waals surface area contributed by atoms with Crippen LogP contribution < -0.4 is 17.2 Å². The Labute approximate surface area is 92.5 Å². The molecule has 0 saturated carbocycles. The minimum Gasteiger partial charge on any atom is -0.370 e. The van der Waals surface area contributed by atoms with Gasteiger partial charge in [-0.1, -0.05) is 18.2 Å². The average Bonchev–Trinajstić information content (AvgIpc) is 2.04. The van der Waals surface area contributed by atoms with Crippen molar-refractivity contribution >= 4 is 34.6 Å². The summed E-state index contributed by atoms with van der Waals surface area (Å²) in [5, 5.41) is 0. The summed E-state index contributed by atoms with van der Waals surface area (Å²) in [6, 6.07) is 9.18. The van der Waals surface area contributed by atoms with Crippen molar-refractivity contribution in [1.29, 1.82) is 0 Å². The van der Waals surface area contributed by atoms with E-state index in [1.807, 2.05) is 18.2 Å². The molecule has 0 aliphatic carbocycles. The van der Waals surface area contributed by atoms with Gasteiger partial charge in [0.2, 0.25) is 5.96 Å². The van der Waals surface area contributed by atoms with E-state index in [2.05, 4.69) is 9.98 Å². The van der Waals surface area contributed by atoms with Gasteiger partial charge in [0.25, 0.3) is 0 Å². The molecular weight excluding hydrogens is 246 g/mol. The van der Waals surface area contributed by atoms with Gasteiger partial charge in [0, 0.05) is 0 Å². The molecule has 0 amide bonds. The highest BCUT2D eigenvalue weighted by atomic mass is 79.9. The molecule has 0 radical (unpaired) electrons. The van der Waals surface area contributed by atoms with E-state index < -0.39 is 0 Å². The summed E-state index contributed by atoms with van der Waals surface area (Å²) in [6.07, 6.45) is 0. The van der Waals surface area contributed by atoms with Crippen LogP contribution in [0, 0.1) is 0 Å². The van der Waals surface area contributed by atoms with Gasteiger partial charge < -0.3 is 17.2 Å². The Bertz CT molecular complexity index is 329. The van der Waals surface area contributed by atoms with Crippen LogP contribution in [0.4, 0.5) is 5.69 Å². The van der Waals surface area contributed by atoms with E-state index >= 15 is 0 Å². The molecule has 1 aromatic carbocycles. The Balaban J connectivity index is 0.00000169. The van der Waals surface area contributed by atoms with Crippen molar-refractivity contribution in [1.82, 2.24) is 0 Å². The van der Waals surface area contributed by atoms with Crippen molar-refractivity contribution in [3.63, 3.8) is 0 Å². The maximum atomic E-state index is 5.41. The lowest BCUT2D eigenvalue weighted by Gasteiger charge is -1.94. The third-order valence-corrected chi connectivity index (χ3v) is 1.24. The number of nitrogens with two attached hydrogens (primary N) is 3. The molecule has 0 atom stereocenters. The molecule has 0 aliphatic heterocycles. The van der Waals surface area contributed by atoms with Gasteiger partial charge in [0.05, 0.1) is 5.69 Å². The zero-order valence-electron chi connectivity index (χ0n) is 7.42. The maximum absolute atomic E-state index is 5.41. The van der Waals surface area contributed by atoms with Gasteiger partial charge in [-0.2, -0.15) is 4.99 Å². The monoisotopic (exact) mass is 257 g/mol. The van der Waals surface area contributed by atoms with E-state index in [1.54, 1.807) is 12.1 Å². The van der Waals surface area contributed by atoms with E-state index in [-0.39, 0.29) is 28.9 Å². The molecule has 6 N–H and O–H groups in total. The highest BCUT2D eigenvalue weighted by Crippen LogP contribution is 2.08. The summed E-state index contributed by atoms with van der Waals surface area (Å²) in [7, 11) is 0. The van der Waals surface area contributed by atoms with E-state index in [9.17, 15) is 0 Å². The number of hydrogen-bond acceptors (Lipinski definition) is 1. The molecule has 5 nitrogen and oxygen atoms in total. The molecule has 6 heteroatoms. The normalized spacial score (nSPS) is 10.1. The summed E-state index contributed by atoms with van der Waals surface area (Å²) in [6.45, 7) is 0. The number of halogens is 1. The molecule has 0 bridgehead atoms.